The van der Waals surface area contributed by atoms with Crippen LogP contribution in [0, 0.1) is 5.82 Å². The van der Waals surface area contributed by atoms with E-state index in [1.807, 2.05) is 6.07 Å². The third-order valence-corrected chi connectivity index (χ3v) is 3.16. The Morgan fingerprint density at radius 2 is 2.35 bits per heavy atom. The molecule has 0 bridgehead atoms. The van der Waals surface area contributed by atoms with E-state index in [1.54, 1.807) is 12.1 Å². The second kappa shape index (κ2) is 5.47. The number of rotatable bonds is 3. The fourth-order valence-electron chi connectivity index (χ4n) is 2.30. The lowest BCUT2D eigenvalue weighted by atomic mass is 10.1. The molecule has 1 aromatic rings. The number of nitrogens with two attached hydrogens (primary N) is 1. The summed E-state index contributed by atoms with van der Waals surface area (Å²) >= 11 is 0. The summed E-state index contributed by atoms with van der Waals surface area (Å²) in [6.45, 7) is 2.70. The van der Waals surface area contributed by atoms with Crippen molar-refractivity contribution in [2.24, 2.45) is 5.73 Å². The molecule has 2 N–H and O–H groups in total. The molecule has 3 nitrogen and oxygen atoms in total. The SMILES string of the molecule is COc1ccc(CN2CCCC(N)C2)cc1F. The molecule has 0 aliphatic carbocycles. The van der Waals surface area contributed by atoms with Crippen molar-refractivity contribution in [2.75, 3.05) is 20.2 Å². The van der Waals surface area contributed by atoms with Crippen LogP contribution in [0.4, 0.5) is 4.39 Å². The Kier molecular flexibility index (Phi) is 3.97. The third-order valence-electron chi connectivity index (χ3n) is 3.16. The molecule has 2 rings (SSSR count). The van der Waals surface area contributed by atoms with E-state index < -0.39 is 0 Å². The molecule has 1 fully saturated rings. The number of hydrogen-bond acceptors (Lipinski definition) is 3. The first-order valence-corrected chi connectivity index (χ1v) is 5.99. The highest BCUT2D eigenvalue weighted by atomic mass is 19.1. The minimum Gasteiger partial charge on any atom is -0.494 e. The predicted octanol–water partition coefficient (Wildman–Crippen LogP) is 1.76. The molecule has 1 aliphatic heterocycles. The van der Waals surface area contributed by atoms with Crippen molar-refractivity contribution in [3.05, 3.63) is 29.6 Å². The van der Waals surface area contributed by atoms with Gasteiger partial charge in [0.25, 0.3) is 0 Å². The van der Waals surface area contributed by atoms with Crippen molar-refractivity contribution in [3.8, 4) is 5.75 Å². The molecule has 1 atom stereocenters. The minimum absolute atomic E-state index is 0.256. The van der Waals surface area contributed by atoms with Gasteiger partial charge in [-0.05, 0) is 37.1 Å². The summed E-state index contributed by atoms with van der Waals surface area (Å²) in [5, 5.41) is 0. The highest BCUT2D eigenvalue weighted by Crippen LogP contribution is 2.19. The summed E-state index contributed by atoms with van der Waals surface area (Å²) in [5.41, 5.74) is 6.89. The number of methoxy groups -OCH3 is 1. The summed E-state index contributed by atoms with van der Waals surface area (Å²) in [6, 6.07) is 5.38. The zero-order valence-electron chi connectivity index (χ0n) is 10.2. The lowest BCUT2D eigenvalue weighted by Crippen LogP contribution is -2.42. The van der Waals surface area contributed by atoms with Gasteiger partial charge in [-0.2, -0.15) is 0 Å². The van der Waals surface area contributed by atoms with Gasteiger partial charge >= 0.3 is 0 Å². The fourth-order valence-corrected chi connectivity index (χ4v) is 2.30. The van der Waals surface area contributed by atoms with E-state index >= 15 is 0 Å². The van der Waals surface area contributed by atoms with Crippen molar-refractivity contribution in [2.45, 2.75) is 25.4 Å². The standard InChI is InChI=1S/C13H19FN2O/c1-17-13-5-4-10(7-12(13)14)8-16-6-2-3-11(15)9-16/h4-5,7,11H,2-3,6,8-9,15H2,1H3. The van der Waals surface area contributed by atoms with Gasteiger partial charge in [0, 0.05) is 19.1 Å². The maximum atomic E-state index is 13.5. The Labute approximate surface area is 101 Å². The number of likely N-dealkylation sites (tertiary alicyclic amines) is 1. The largest absolute Gasteiger partial charge is 0.494 e. The monoisotopic (exact) mass is 238 g/mol. The van der Waals surface area contributed by atoms with Crippen molar-refractivity contribution in [1.29, 1.82) is 0 Å². The summed E-state index contributed by atoms with van der Waals surface area (Å²) in [4.78, 5) is 2.27. The molecule has 94 valence electrons. The number of nitrogens with zero attached hydrogens (tertiary/aromatic N) is 1. The lowest BCUT2D eigenvalue weighted by molar-refractivity contribution is 0.201. The molecule has 1 aliphatic rings. The van der Waals surface area contributed by atoms with Gasteiger partial charge in [-0.15, -0.1) is 0 Å². The summed E-state index contributed by atoms with van der Waals surface area (Å²) < 4.78 is 18.4. The zero-order chi connectivity index (χ0) is 12.3. The molecule has 0 amide bonds. The van der Waals surface area contributed by atoms with Crippen molar-refractivity contribution < 1.29 is 9.13 Å². The Hall–Kier alpha value is -1.13. The summed E-state index contributed by atoms with van der Waals surface area (Å²) in [7, 11) is 1.47. The van der Waals surface area contributed by atoms with E-state index in [2.05, 4.69) is 4.90 Å². The molecular weight excluding hydrogens is 219 g/mol. The number of benzene rings is 1. The molecule has 1 heterocycles. The van der Waals surface area contributed by atoms with Crippen LogP contribution in [0.3, 0.4) is 0 Å². The van der Waals surface area contributed by atoms with Crippen LogP contribution in [0.25, 0.3) is 0 Å². The van der Waals surface area contributed by atoms with E-state index in [4.69, 9.17) is 10.5 Å². The van der Waals surface area contributed by atoms with Crippen LogP contribution >= 0.6 is 0 Å². The maximum absolute atomic E-state index is 13.5. The Bertz CT molecular complexity index is 384. The van der Waals surface area contributed by atoms with Crippen LogP contribution in [0.2, 0.25) is 0 Å². The highest BCUT2D eigenvalue weighted by molar-refractivity contribution is 5.29. The van der Waals surface area contributed by atoms with Crippen LogP contribution in [-0.4, -0.2) is 31.1 Å². The van der Waals surface area contributed by atoms with E-state index in [1.165, 1.54) is 7.11 Å². The molecule has 1 unspecified atom stereocenters. The second-order valence-electron chi connectivity index (χ2n) is 4.61. The molecule has 4 heteroatoms. The van der Waals surface area contributed by atoms with E-state index in [0.29, 0.717) is 5.75 Å². The van der Waals surface area contributed by atoms with Crippen LogP contribution in [0.5, 0.6) is 5.75 Å². The van der Waals surface area contributed by atoms with Gasteiger partial charge in [0.2, 0.25) is 0 Å². The molecule has 1 aromatic carbocycles. The predicted molar refractivity (Wildman–Crippen MR) is 65.4 cm³/mol. The first-order chi connectivity index (χ1) is 8.19. The lowest BCUT2D eigenvalue weighted by Gasteiger charge is -2.30. The van der Waals surface area contributed by atoms with E-state index in [-0.39, 0.29) is 11.9 Å². The number of piperidine rings is 1. The van der Waals surface area contributed by atoms with Gasteiger partial charge in [-0.25, -0.2) is 4.39 Å². The highest BCUT2D eigenvalue weighted by Gasteiger charge is 2.17. The van der Waals surface area contributed by atoms with Crippen LogP contribution < -0.4 is 10.5 Å². The fraction of sp³-hybridized carbons (Fsp3) is 0.538. The van der Waals surface area contributed by atoms with Gasteiger partial charge in [0.1, 0.15) is 0 Å². The first-order valence-electron chi connectivity index (χ1n) is 5.99. The maximum Gasteiger partial charge on any atom is 0.165 e. The average Bonchev–Trinajstić information content (AvgIpc) is 2.29. The first kappa shape index (κ1) is 12.3. The minimum atomic E-state index is -0.300. The van der Waals surface area contributed by atoms with Gasteiger partial charge in [0.05, 0.1) is 7.11 Å². The Morgan fingerprint density at radius 1 is 1.53 bits per heavy atom. The molecule has 0 saturated carbocycles. The average molecular weight is 238 g/mol. The Balaban J connectivity index is 2.00. The Morgan fingerprint density at radius 3 is 3.00 bits per heavy atom. The zero-order valence-corrected chi connectivity index (χ0v) is 10.2. The van der Waals surface area contributed by atoms with E-state index in [9.17, 15) is 4.39 Å². The van der Waals surface area contributed by atoms with Crippen molar-refractivity contribution >= 4 is 0 Å². The normalized spacial score (nSPS) is 21.5. The second-order valence-corrected chi connectivity index (χ2v) is 4.61. The van der Waals surface area contributed by atoms with Gasteiger partial charge in [0.15, 0.2) is 11.6 Å². The van der Waals surface area contributed by atoms with Crippen molar-refractivity contribution in [3.63, 3.8) is 0 Å². The van der Waals surface area contributed by atoms with Crippen molar-refractivity contribution in [1.82, 2.24) is 4.90 Å². The van der Waals surface area contributed by atoms with Gasteiger partial charge in [-0.1, -0.05) is 6.07 Å². The quantitative estimate of drug-likeness (QED) is 0.872. The number of halogens is 1. The molecule has 0 radical (unpaired) electrons. The molecule has 0 aromatic heterocycles. The summed E-state index contributed by atoms with van der Waals surface area (Å²) in [6.07, 6.45) is 2.22. The molecule has 1 saturated heterocycles. The third kappa shape index (κ3) is 3.17. The molecule has 17 heavy (non-hydrogen) atoms. The molecule has 0 spiro atoms. The number of hydrogen-bond donors (Lipinski definition) is 1. The van der Waals surface area contributed by atoms with E-state index in [0.717, 1.165) is 38.0 Å². The molecular formula is C13H19FN2O. The van der Waals surface area contributed by atoms with Gasteiger partial charge < -0.3 is 10.5 Å². The van der Waals surface area contributed by atoms with Crippen LogP contribution in [0.15, 0.2) is 18.2 Å². The topological polar surface area (TPSA) is 38.5 Å². The van der Waals surface area contributed by atoms with Gasteiger partial charge in [-0.3, -0.25) is 4.90 Å². The summed E-state index contributed by atoms with van der Waals surface area (Å²) in [5.74, 6) is -0.00426. The number of ether oxygens (including phenoxy) is 1. The smallest absolute Gasteiger partial charge is 0.165 e. The van der Waals surface area contributed by atoms with Crippen LogP contribution in [0.1, 0.15) is 18.4 Å². The van der Waals surface area contributed by atoms with Crippen LogP contribution in [-0.2, 0) is 6.54 Å².